The van der Waals surface area contributed by atoms with E-state index in [0.717, 1.165) is 5.82 Å². The highest BCUT2D eigenvalue weighted by Gasteiger charge is 2.70. The molecule has 1 aliphatic heterocycles. The van der Waals surface area contributed by atoms with Crippen molar-refractivity contribution in [3.63, 3.8) is 0 Å². The largest absolute Gasteiger partial charge is 0.363 e. The molecule has 0 unspecified atom stereocenters. The van der Waals surface area contributed by atoms with E-state index in [2.05, 4.69) is 69.3 Å². The lowest BCUT2D eigenvalue weighted by Crippen LogP contribution is -2.56. The minimum atomic E-state index is 0.269. The maximum atomic E-state index is 6.43. The fourth-order valence-electron chi connectivity index (χ4n) is 6.42. The maximum absolute atomic E-state index is 6.43. The molecule has 2 aromatic rings. The molecule has 1 aromatic carbocycles. The van der Waals surface area contributed by atoms with Gasteiger partial charge in [0.15, 0.2) is 0 Å². The second kappa shape index (κ2) is 4.98. The topological polar surface area (TPSA) is 30.9 Å². The van der Waals surface area contributed by atoms with Crippen molar-refractivity contribution in [1.29, 1.82) is 0 Å². The summed E-state index contributed by atoms with van der Waals surface area (Å²) in [6, 6.07) is 4.91. The number of hydrogen-bond acceptors (Lipinski definition) is 2. The normalized spacial score (nSPS) is 34.0. The van der Waals surface area contributed by atoms with E-state index in [-0.39, 0.29) is 5.41 Å². The van der Waals surface area contributed by atoms with Crippen LogP contribution in [0.5, 0.6) is 0 Å². The van der Waals surface area contributed by atoms with Crippen LogP contribution >= 0.6 is 0 Å². The zero-order chi connectivity index (χ0) is 18.4. The summed E-state index contributed by atoms with van der Waals surface area (Å²) in [7, 11) is 0. The molecule has 0 saturated heterocycles. The molecule has 26 heavy (non-hydrogen) atoms. The SMILES string of the molecule is Cc1cc(C)c(-n2c[n+]3c(n2)CO[C@H]2[C@@H]3[C@@H]3CC[C@@]2(C)C3(C)C)c(C)c1. The lowest BCUT2D eigenvalue weighted by molar-refractivity contribution is -0.756. The second-order valence-electron chi connectivity index (χ2n) is 9.64. The van der Waals surface area contributed by atoms with Crippen LogP contribution in [0.2, 0.25) is 0 Å². The van der Waals surface area contributed by atoms with Crippen LogP contribution in [0.15, 0.2) is 18.5 Å². The van der Waals surface area contributed by atoms with Gasteiger partial charge < -0.3 is 4.74 Å². The molecule has 3 aliphatic rings. The van der Waals surface area contributed by atoms with Crippen LogP contribution in [0.25, 0.3) is 5.69 Å². The third-order valence-electron chi connectivity index (χ3n) is 8.06. The Kier molecular flexibility index (Phi) is 3.16. The first kappa shape index (κ1) is 16.5. The van der Waals surface area contributed by atoms with Crippen molar-refractivity contribution >= 4 is 0 Å². The lowest BCUT2D eigenvalue weighted by atomic mass is 9.70. The smallest absolute Gasteiger partial charge is 0.304 e. The minimum Gasteiger partial charge on any atom is -0.363 e. The molecule has 2 heterocycles. The number of fused-ring (bicyclic) bond motifs is 7. The highest BCUT2D eigenvalue weighted by Crippen LogP contribution is 2.69. The third kappa shape index (κ3) is 1.84. The molecular weight excluding hydrogens is 322 g/mol. The van der Waals surface area contributed by atoms with Crippen molar-refractivity contribution in [2.24, 2.45) is 16.7 Å². The van der Waals surface area contributed by atoms with E-state index in [1.807, 2.05) is 0 Å². The van der Waals surface area contributed by atoms with E-state index >= 15 is 0 Å². The Balaban J connectivity index is 1.63. The van der Waals surface area contributed by atoms with Crippen molar-refractivity contribution < 1.29 is 9.30 Å². The molecule has 2 aliphatic carbocycles. The maximum Gasteiger partial charge on any atom is 0.304 e. The van der Waals surface area contributed by atoms with Crippen LogP contribution in [-0.2, 0) is 11.3 Å². The van der Waals surface area contributed by atoms with E-state index in [9.17, 15) is 0 Å². The zero-order valence-corrected chi connectivity index (χ0v) is 16.8. The molecule has 2 saturated carbocycles. The highest BCUT2D eigenvalue weighted by atomic mass is 16.5. The van der Waals surface area contributed by atoms with Crippen LogP contribution in [0.3, 0.4) is 0 Å². The first-order valence-corrected chi connectivity index (χ1v) is 9.93. The number of aryl methyl sites for hydroxylation is 3. The van der Waals surface area contributed by atoms with E-state index in [4.69, 9.17) is 9.84 Å². The molecule has 0 spiro atoms. The van der Waals surface area contributed by atoms with Crippen LogP contribution in [0, 0.1) is 37.5 Å². The average molecular weight is 353 g/mol. The summed E-state index contributed by atoms with van der Waals surface area (Å²) >= 11 is 0. The lowest BCUT2D eigenvalue weighted by Gasteiger charge is -2.40. The average Bonchev–Trinajstić information content (AvgIpc) is 3.11. The Morgan fingerprint density at radius 3 is 2.54 bits per heavy atom. The summed E-state index contributed by atoms with van der Waals surface area (Å²) in [6.45, 7) is 14.5. The molecule has 4 atom stereocenters. The first-order chi connectivity index (χ1) is 12.2. The van der Waals surface area contributed by atoms with E-state index in [1.165, 1.54) is 35.2 Å². The predicted octanol–water partition coefficient (Wildman–Crippen LogP) is 3.98. The van der Waals surface area contributed by atoms with Gasteiger partial charge >= 0.3 is 5.82 Å². The Bertz CT molecular complexity index is 889. The molecule has 2 fully saturated rings. The number of benzene rings is 1. The van der Waals surface area contributed by atoms with Crippen LogP contribution in [-0.4, -0.2) is 15.9 Å². The van der Waals surface area contributed by atoms with Gasteiger partial charge in [-0.3, -0.25) is 0 Å². The number of aromatic nitrogens is 3. The molecule has 0 radical (unpaired) electrons. The van der Waals surface area contributed by atoms with Gasteiger partial charge in [-0.25, -0.2) is 4.57 Å². The molecule has 2 bridgehead atoms. The van der Waals surface area contributed by atoms with E-state index < -0.39 is 0 Å². The van der Waals surface area contributed by atoms with Crippen LogP contribution in [0.1, 0.15) is 62.2 Å². The van der Waals surface area contributed by atoms with Crippen molar-refractivity contribution in [1.82, 2.24) is 9.78 Å². The molecule has 0 N–H and O–H groups in total. The summed E-state index contributed by atoms with van der Waals surface area (Å²) in [5.74, 6) is 1.73. The van der Waals surface area contributed by atoms with Gasteiger partial charge in [-0.1, -0.05) is 43.1 Å². The van der Waals surface area contributed by atoms with Crippen molar-refractivity contribution in [2.75, 3.05) is 0 Å². The van der Waals surface area contributed by atoms with Crippen molar-refractivity contribution in [2.45, 2.75) is 73.1 Å². The summed E-state index contributed by atoms with van der Waals surface area (Å²) in [5.41, 5.74) is 5.66. The highest BCUT2D eigenvalue weighted by molar-refractivity contribution is 5.48. The molecule has 4 nitrogen and oxygen atoms in total. The number of hydrogen-bond donors (Lipinski definition) is 0. The fraction of sp³-hybridized carbons (Fsp3) is 0.636. The van der Waals surface area contributed by atoms with Gasteiger partial charge in [0, 0.05) is 16.4 Å². The predicted molar refractivity (Wildman–Crippen MR) is 100 cm³/mol. The number of rotatable bonds is 1. The Labute approximate surface area is 156 Å². The molecule has 4 heteroatoms. The standard InChI is InChI=1S/C22H30N3O/c1-13-9-14(2)18(15(3)10-13)25-12-24-17(23-25)11-26-20-19(24)16-7-8-22(20,6)21(16,4)5/h9-10,12,16,19-20H,7-8,11H2,1-6H3/q+1/t16-,19-,20-,22+/m0/s1. The van der Waals surface area contributed by atoms with E-state index in [1.54, 1.807) is 0 Å². The second-order valence-corrected chi connectivity index (χ2v) is 9.64. The number of nitrogens with zero attached hydrogens (tertiary/aromatic N) is 3. The monoisotopic (exact) mass is 352 g/mol. The van der Waals surface area contributed by atoms with Gasteiger partial charge in [0.25, 0.3) is 0 Å². The van der Waals surface area contributed by atoms with E-state index in [0.29, 0.717) is 30.1 Å². The molecule has 138 valence electrons. The summed E-state index contributed by atoms with van der Waals surface area (Å²) in [5, 5.41) is 4.94. The van der Waals surface area contributed by atoms with Gasteiger partial charge in [-0.05, 0) is 50.2 Å². The first-order valence-electron chi connectivity index (χ1n) is 9.93. The van der Waals surface area contributed by atoms with Crippen LogP contribution < -0.4 is 4.57 Å². The Morgan fingerprint density at radius 2 is 1.85 bits per heavy atom. The van der Waals surface area contributed by atoms with Gasteiger partial charge in [0.1, 0.15) is 18.3 Å². The molecule has 1 aromatic heterocycles. The summed E-state index contributed by atoms with van der Waals surface area (Å²) in [6.07, 6.45) is 5.13. The van der Waals surface area contributed by atoms with Gasteiger partial charge in [-0.2, -0.15) is 0 Å². The van der Waals surface area contributed by atoms with Crippen molar-refractivity contribution in [3.8, 4) is 5.69 Å². The molecular formula is C22H30N3O+. The Morgan fingerprint density at radius 1 is 1.15 bits per heavy atom. The minimum absolute atomic E-state index is 0.269. The van der Waals surface area contributed by atoms with Crippen molar-refractivity contribution in [3.05, 3.63) is 41.0 Å². The quantitative estimate of drug-likeness (QED) is 0.727. The molecule has 5 rings (SSSR count). The third-order valence-corrected chi connectivity index (χ3v) is 8.06. The summed E-state index contributed by atoms with van der Waals surface area (Å²) < 4.78 is 11.0. The Hall–Kier alpha value is -1.68. The zero-order valence-electron chi connectivity index (χ0n) is 16.8. The summed E-state index contributed by atoms with van der Waals surface area (Å²) in [4.78, 5) is 0. The van der Waals surface area contributed by atoms with Gasteiger partial charge in [-0.15, -0.1) is 0 Å². The van der Waals surface area contributed by atoms with Gasteiger partial charge in [0.05, 0.1) is 6.10 Å². The molecule has 0 amide bonds. The fourth-order valence-corrected chi connectivity index (χ4v) is 6.42. The van der Waals surface area contributed by atoms with Gasteiger partial charge in [0.2, 0.25) is 6.33 Å². The number of ether oxygens (including phenoxy) is 1. The van der Waals surface area contributed by atoms with Crippen LogP contribution in [0.4, 0.5) is 0 Å².